The topological polar surface area (TPSA) is 54.5 Å². The maximum atomic E-state index is 6.50. The summed E-state index contributed by atoms with van der Waals surface area (Å²) in [6.45, 7) is 20.8. The summed E-state index contributed by atoms with van der Waals surface area (Å²) in [7, 11) is 0. The molecule has 0 spiro atoms. The van der Waals surface area contributed by atoms with E-state index in [4.69, 9.17) is 10.7 Å². The summed E-state index contributed by atoms with van der Waals surface area (Å²) in [5.74, 6) is 0. The van der Waals surface area contributed by atoms with Gasteiger partial charge in [-0.15, -0.1) is 0 Å². The van der Waals surface area contributed by atoms with E-state index in [0.717, 1.165) is 83.8 Å². The third kappa shape index (κ3) is 7.74. The van der Waals surface area contributed by atoms with Crippen molar-refractivity contribution in [2.24, 2.45) is 10.7 Å². The van der Waals surface area contributed by atoms with Crippen LogP contribution in [0.5, 0.6) is 0 Å². The molecule has 1 aromatic heterocycles. The fourth-order valence-electron chi connectivity index (χ4n) is 3.47. The van der Waals surface area contributed by atoms with Gasteiger partial charge in [0.05, 0.1) is 22.8 Å². The fraction of sp³-hybridized carbons (Fsp3) is 0.379. The molecule has 176 valence electrons. The molecule has 0 bridgehead atoms. The number of pyridine rings is 1. The van der Waals surface area contributed by atoms with Crippen molar-refractivity contribution in [3.05, 3.63) is 84.0 Å². The molecular formula is C29H40N4. The highest BCUT2D eigenvalue weighted by atomic mass is 15.1. The van der Waals surface area contributed by atoms with Crippen LogP contribution in [0.15, 0.2) is 77.7 Å². The van der Waals surface area contributed by atoms with E-state index in [1.165, 1.54) is 0 Å². The summed E-state index contributed by atoms with van der Waals surface area (Å²) in [6.07, 6.45) is 8.36. The van der Waals surface area contributed by atoms with Crippen LogP contribution in [-0.2, 0) is 0 Å². The van der Waals surface area contributed by atoms with E-state index in [1.54, 1.807) is 0 Å². The van der Waals surface area contributed by atoms with Crippen LogP contribution in [0.4, 0.5) is 5.69 Å². The van der Waals surface area contributed by atoms with Gasteiger partial charge < -0.3 is 10.6 Å². The van der Waals surface area contributed by atoms with Crippen LogP contribution in [0.2, 0.25) is 0 Å². The zero-order valence-corrected chi connectivity index (χ0v) is 21.1. The third-order valence-electron chi connectivity index (χ3n) is 5.69. The molecule has 4 heteroatoms. The van der Waals surface area contributed by atoms with Crippen LogP contribution in [0.3, 0.4) is 0 Å². The molecule has 0 atom stereocenters. The van der Waals surface area contributed by atoms with E-state index in [9.17, 15) is 0 Å². The maximum absolute atomic E-state index is 6.50. The van der Waals surface area contributed by atoms with Gasteiger partial charge in [-0.25, -0.2) is 4.99 Å². The van der Waals surface area contributed by atoms with E-state index < -0.39 is 0 Å². The highest BCUT2D eigenvalue weighted by Crippen LogP contribution is 2.27. The molecule has 0 unspecified atom stereocenters. The third-order valence-corrected chi connectivity index (χ3v) is 5.69. The fourth-order valence-corrected chi connectivity index (χ4v) is 3.47. The number of rotatable bonds is 12. The average Bonchev–Trinajstić information content (AvgIpc) is 2.79. The van der Waals surface area contributed by atoms with E-state index in [-0.39, 0.29) is 0 Å². The quantitative estimate of drug-likeness (QED) is 0.276. The Morgan fingerprint density at radius 3 is 2.18 bits per heavy atom. The molecule has 2 N–H and O–H groups in total. The number of nitrogens with zero attached hydrogens (tertiary/aromatic N) is 3. The van der Waals surface area contributed by atoms with E-state index in [0.29, 0.717) is 5.70 Å². The van der Waals surface area contributed by atoms with Crippen LogP contribution in [0.1, 0.15) is 57.7 Å². The SMILES string of the molecule is C=C(C)C(/C=C(\N)C(=C)N(CCCC)CCCC)=Nc1ccc(-c2ccc(C)nc2)cc1C. The molecule has 0 aliphatic rings. The maximum Gasteiger partial charge on any atom is 0.0681 e. The van der Waals surface area contributed by atoms with Gasteiger partial charge in [-0.2, -0.15) is 0 Å². The summed E-state index contributed by atoms with van der Waals surface area (Å²) in [5, 5.41) is 0. The molecule has 4 nitrogen and oxygen atoms in total. The molecule has 2 aromatic rings. The number of aromatic nitrogens is 1. The lowest BCUT2D eigenvalue weighted by Crippen LogP contribution is -2.28. The highest BCUT2D eigenvalue weighted by molar-refractivity contribution is 6.09. The molecule has 2 rings (SSSR count). The highest BCUT2D eigenvalue weighted by Gasteiger charge is 2.11. The number of unbranched alkanes of at least 4 members (excludes halogenated alkanes) is 2. The summed E-state index contributed by atoms with van der Waals surface area (Å²) in [6, 6.07) is 10.4. The monoisotopic (exact) mass is 444 g/mol. The van der Waals surface area contributed by atoms with Crippen molar-refractivity contribution in [2.75, 3.05) is 13.1 Å². The Labute approximate surface area is 200 Å². The van der Waals surface area contributed by atoms with Gasteiger partial charge in [0.25, 0.3) is 0 Å². The second-order valence-electron chi connectivity index (χ2n) is 8.71. The molecule has 0 saturated carbocycles. The van der Waals surface area contributed by atoms with E-state index in [1.807, 2.05) is 38.3 Å². The second kappa shape index (κ2) is 12.8. The minimum atomic E-state index is 0.643. The molecule has 1 heterocycles. The summed E-state index contributed by atoms with van der Waals surface area (Å²) >= 11 is 0. The first kappa shape index (κ1) is 26.1. The molecule has 0 radical (unpaired) electrons. The Hall–Kier alpha value is -3.14. The Morgan fingerprint density at radius 2 is 1.67 bits per heavy atom. The van der Waals surface area contributed by atoms with Crippen molar-refractivity contribution in [3.63, 3.8) is 0 Å². The molecule has 0 amide bonds. The summed E-state index contributed by atoms with van der Waals surface area (Å²) in [4.78, 5) is 11.6. The minimum Gasteiger partial charge on any atom is -0.397 e. The number of hydrogen-bond donors (Lipinski definition) is 1. The lowest BCUT2D eigenvalue weighted by Gasteiger charge is -2.27. The zero-order valence-electron chi connectivity index (χ0n) is 21.1. The van der Waals surface area contributed by atoms with Crippen molar-refractivity contribution in [2.45, 2.75) is 60.3 Å². The molecule has 0 aliphatic heterocycles. The number of nitrogens with two attached hydrogens (primary N) is 1. The standard InChI is InChI=1S/C29H40N4/c1-8-10-16-33(17-11-9-2)24(7)27(30)19-29(21(3)4)32-28-15-14-25(18-22(28)5)26-13-12-23(6)31-20-26/h12-15,18-20H,3,7-11,16-17,30H2,1-2,4-6H3/b27-19-,32-29?. The van der Waals surface area contributed by atoms with Gasteiger partial charge in [0.15, 0.2) is 0 Å². The van der Waals surface area contributed by atoms with Crippen molar-refractivity contribution < 1.29 is 0 Å². The van der Waals surface area contributed by atoms with Crippen LogP contribution in [0.25, 0.3) is 11.1 Å². The first-order chi connectivity index (χ1) is 15.8. The number of benzene rings is 1. The number of aryl methyl sites for hydroxylation is 2. The van der Waals surface area contributed by atoms with Crippen LogP contribution < -0.4 is 5.73 Å². The molecule has 1 aromatic carbocycles. The Kier molecular flexibility index (Phi) is 10.1. The molecule has 0 saturated heterocycles. The summed E-state index contributed by atoms with van der Waals surface area (Å²) in [5.41, 5.74) is 14.9. The lowest BCUT2D eigenvalue weighted by molar-refractivity contribution is 0.337. The van der Waals surface area contributed by atoms with Crippen LogP contribution in [0, 0.1) is 13.8 Å². The van der Waals surface area contributed by atoms with Gasteiger partial charge >= 0.3 is 0 Å². The Morgan fingerprint density at radius 1 is 1.03 bits per heavy atom. The molecule has 0 fully saturated rings. The lowest BCUT2D eigenvalue weighted by atomic mass is 10.0. The van der Waals surface area contributed by atoms with Crippen molar-refractivity contribution in [1.82, 2.24) is 9.88 Å². The smallest absolute Gasteiger partial charge is 0.0681 e. The molecular weight excluding hydrogens is 404 g/mol. The van der Waals surface area contributed by atoms with Crippen LogP contribution in [-0.4, -0.2) is 28.7 Å². The second-order valence-corrected chi connectivity index (χ2v) is 8.71. The number of hydrogen-bond acceptors (Lipinski definition) is 4. The van der Waals surface area contributed by atoms with E-state index in [2.05, 4.69) is 62.0 Å². The minimum absolute atomic E-state index is 0.643. The predicted molar refractivity (Wildman–Crippen MR) is 144 cm³/mol. The Bertz CT molecular complexity index is 1000. The predicted octanol–water partition coefficient (Wildman–Crippen LogP) is 7.27. The van der Waals surface area contributed by atoms with Gasteiger partial charge in [-0.05, 0) is 74.6 Å². The van der Waals surface area contributed by atoms with Crippen molar-refractivity contribution in [1.29, 1.82) is 0 Å². The molecule has 0 aliphatic carbocycles. The zero-order chi connectivity index (χ0) is 24.4. The van der Waals surface area contributed by atoms with Crippen molar-refractivity contribution >= 4 is 11.4 Å². The van der Waals surface area contributed by atoms with Gasteiger partial charge in [0.2, 0.25) is 0 Å². The van der Waals surface area contributed by atoms with Gasteiger partial charge in [0.1, 0.15) is 0 Å². The first-order valence-electron chi connectivity index (χ1n) is 12.0. The van der Waals surface area contributed by atoms with E-state index >= 15 is 0 Å². The Balaban J connectivity index is 2.31. The summed E-state index contributed by atoms with van der Waals surface area (Å²) < 4.78 is 0. The largest absolute Gasteiger partial charge is 0.397 e. The van der Waals surface area contributed by atoms with Gasteiger partial charge in [-0.3, -0.25) is 4.98 Å². The first-order valence-corrected chi connectivity index (χ1v) is 12.0. The average molecular weight is 445 g/mol. The van der Waals surface area contributed by atoms with Gasteiger partial charge in [0, 0.05) is 30.5 Å². The van der Waals surface area contributed by atoms with Crippen LogP contribution >= 0.6 is 0 Å². The normalized spacial score (nSPS) is 12.0. The molecule has 33 heavy (non-hydrogen) atoms. The number of aliphatic imine (C=N–C) groups is 1. The van der Waals surface area contributed by atoms with Crippen molar-refractivity contribution in [3.8, 4) is 11.1 Å². The number of allylic oxidation sites excluding steroid dienone is 2. The van der Waals surface area contributed by atoms with Gasteiger partial charge in [-0.1, -0.05) is 52.0 Å².